The van der Waals surface area contributed by atoms with Crippen LogP contribution in [0.1, 0.15) is 20.8 Å². The van der Waals surface area contributed by atoms with E-state index in [4.69, 9.17) is 5.11 Å². The van der Waals surface area contributed by atoms with Gasteiger partial charge in [-0.2, -0.15) is 0 Å². The Morgan fingerprint density at radius 3 is 2.25 bits per heavy atom. The summed E-state index contributed by atoms with van der Waals surface area (Å²) in [6.45, 7) is 0. The average Bonchev–Trinajstić information content (AvgIpc) is 2.63. The molecule has 0 saturated heterocycles. The van der Waals surface area contributed by atoms with Crippen LogP contribution in [0.3, 0.4) is 0 Å². The number of aromatic nitrogens is 2. The summed E-state index contributed by atoms with van der Waals surface area (Å²) < 4.78 is 0. The summed E-state index contributed by atoms with van der Waals surface area (Å²) in [5, 5.41) is 11.4. The van der Waals surface area contributed by atoms with Crippen LogP contribution in [0.2, 0.25) is 0 Å². The van der Waals surface area contributed by atoms with E-state index in [2.05, 4.69) is 15.3 Å². The van der Waals surface area contributed by atoms with Crippen molar-refractivity contribution in [2.24, 2.45) is 0 Å². The van der Waals surface area contributed by atoms with Crippen LogP contribution in [0, 0.1) is 0 Å². The Hall–Kier alpha value is -3.54. The van der Waals surface area contributed by atoms with Crippen LogP contribution in [-0.4, -0.2) is 27.0 Å². The third-order valence-electron chi connectivity index (χ3n) is 3.37. The van der Waals surface area contributed by atoms with Crippen molar-refractivity contribution in [3.63, 3.8) is 0 Å². The second kappa shape index (κ2) is 6.70. The van der Waals surface area contributed by atoms with E-state index in [0.717, 1.165) is 17.3 Å². The zero-order valence-electron chi connectivity index (χ0n) is 12.5. The van der Waals surface area contributed by atoms with E-state index in [0.29, 0.717) is 5.56 Å². The molecule has 118 valence electrons. The zero-order chi connectivity index (χ0) is 16.9. The van der Waals surface area contributed by atoms with Gasteiger partial charge in [-0.05, 0) is 17.2 Å². The lowest BCUT2D eigenvalue weighted by Crippen LogP contribution is -2.15. The van der Waals surface area contributed by atoms with Crippen LogP contribution >= 0.6 is 0 Å². The molecule has 2 aromatic carbocycles. The number of nitrogens with one attached hydrogen (secondary N) is 1. The predicted molar refractivity (Wildman–Crippen MR) is 88.8 cm³/mol. The number of rotatable bonds is 4. The van der Waals surface area contributed by atoms with Crippen LogP contribution in [0.4, 0.5) is 5.82 Å². The van der Waals surface area contributed by atoms with Gasteiger partial charge in [0, 0.05) is 5.56 Å². The van der Waals surface area contributed by atoms with Crippen molar-refractivity contribution >= 4 is 17.7 Å². The van der Waals surface area contributed by atoms with Crippen molar-refractivity contribution < 1.29 is 14.7 Å². The molecule has 0 aliphatic heterocycles. The maximum Gasteiger partial charge on any atom is 0.356 e. The number of hydrogen-bond donors (Lipinski definition) is 2. The smallest absolute Gasteiger partial charge is 0.356 e. The van der Waals surface area contributed by atoms with Crippen molar-refractivity contribution in [3.8, 4) is 11.1 Å². The van der Waals surface area contributed by atoms with E-state index in [1.807, 2.05) is 42.5 Å². The Morgan fingerprint density at radius 1 is 0.875 bits per heavy atom. The fourth-order valence-electron chi connectivity index (χ4n) is 2.24. The zero-order valence-corrected chi connectivity index (χ0v) is 12.5. The molecule has 0 saturated carbocycles. The number of amides is 1. The minimum absolute atomic E-state index is 0.183. The van der Waals surface area contributed by atoms with Crippen LogP contribution in [0.25, 0.3) is 11.1 Å². The molecule has 0 atom stereocenters. The van der Waals surface area contributed by atoms with Gasteiger partial charge in [-0.3, -0.25) is 4.79 Å². The topological polar surface area (TPSA) is 92.2 Å². The lowest BCUT2D eigenvalue weighted by molar-refractivity contribution is 0.0690. The Morgan fingerprint density at radius 2 is 1.58 bits per heavy atom. The highest BCUT2D eigenvalue weighted by atomic mass is 16.4. The lowest BCUT2D eigenvalue weighted by atomic mass is 9.99. The minimum atomic E-state index is -1.17. The van der Waals surface area contributed by atoms with Gasteiger partial charge in [-0.15, -0.1) is 0 Å². The highest BCUT2D eigenvalue weighted by Crippen LogP contribution is 2.24. The number of benzene rings is 2. The molecule has 0 aliphatic rings. The first-order chi connectivity index (χ1) is 11.6. The van der Waals surface area contributed by atoms with Gasteiger partial charge < -0.3 is 10.4 Å². The SMILES string of the molecule is O=C(O)c1cnc(NC(=O)c2ccccc2-c2ccccc2)cn1. The molecule has 1 aromatic heterocycles. The van der Waals surface area contributed by atoms with E-state index >= 15 is 0 Å². The molecule has 1 amide bonds. The van der Waals surface area contributed by atoms with Crippen LogP contribution in [0.5, 0.6) is 0 Å². The van der Waals surface area contributed by atoms with Gasteiger partial charge in [0.2, 0.25) is 0 Å². The average molecular weight is 319 g/mol. The van der Waals surface area contributed by atoms with Gasteiger partial charge in [0.05, 0.1) is 12.4 Å². The number of aromatic carboxylic acids is 1. The molecular weight excluding hydrogens is 306 g/mol. The lowest BCUT2D eigenvalue weighted by Gasteiger charge is -2.10. The highest BCUT2D eigenvalue weighted by molar-refractivity contribution is 6.08. The molecule has 0 spiro atoms. The molecule has 2 N–H and O–H groups in total. The molecule has 3 rings (SSSR count). The third-order valence-corrected chi connectivity index (χ3v) is 3.37. The van der Waals surface area contributed by atoms with Gasteiger partial charge >= 0.3 is 5.97 Å². The van der Waals surface area contributed by atoms with Gasteiger partial charge in [-0.1, -0.05) is 48.5 Å². The number of carboxylic acids is 1. The van der Waals surface area contributed by atoms with Crippen LogP contribution in [0.15, 0.2) is 67.0 Å². The summed E-state index contributed by atoms with van der Waals surface area (Å²) >= 11 is 0. The third kappa shape index (κ3) is 3.27. The summed E-state index contributed by atoms with van der Waals surface area (Å²) in [6, 6.07) is 16.8. The predicted octanol–water partition coefficient (Wildman–Crippen LogP) is 3.09. The largest absolute Gasteiger partial charge is 0.476 e. The maximum absolute atomic E-state index is 12.5. The first-order valence-electron chi connectivity index (χ1n) is 7.16. The van der Waals surface area contributed by atoms with Gasteiger partial charge in [0.15, 0.2) is 11.5 Å². The van der Waals surface area contributed by atoms with E-state index in [9.17, 15) is 9.59 Å². The summed E-state index contributed by atoms with van der Waals surface area (Å²) in [5.74, 6) is -1.32. The Bertz CT molecular complexity index is 878. The van der Waals surface area contributed by atoms with Crippen molar-refractivity contribution in [1.29, 1.82) is 0 Å². The Labute approximate surface area is 137 Å². The van der Waals surface area contributed by atoms with Crippen LogP contribution < -0.4 is 5.32 Å². The maximum atomic E-state index is 12.5. The number of hydrogen-bond acceptors (Lipinski definition) is 4. The highest BCUT2D eigenvalue weighted by Gasteiger charge is 2.13. The number of carbonyl (C=O) groups excluding carboxylic acids is 1. The fraction of sp³-hybridized carbons (Fsp3) is 0. The minimum Gasteiger partial charge on any atom is -0.476 e. The van der Waals surface area contributed by atoms with Crippen molar-refractivity contribution in [3.05, 3.63) is 78.2 Å². The summed E-state index contributed by atoms with van der Waals surface area (Å²) in [7, 11) is 0. The second-order valence-corrected chi connectivity index (χ2v) is 4.96. The van der Waals surface area contributed by atoms with E-state index in [1.54, 1.807) is 12.1 Å². The molecule has 1 heterocycles. The van der Waals surface area contributed by atoms with Crippen molar-refractivity contribution in [2.45, 2.75) is 0 Å². The van der Waals surface area contributed by atoms with E-state index < -0.39 is 5.97 Å². The molecule has 24 heavy (non-hydrogen) atoms. The van der Waals surface area contributed by atoms with Crippen molar-refractivity contribution in [1.82, 2.24) is 9.97 Å². The van der Waals surface area contributed by atoms with Crippen molar-refractivity contribution in [2.75, 3.05) is 5.32 Å². The number of anilines is 1. The first kappa shape index (κ1) is 15.4. The van der Waals surface area contributed by atoms with E-state index in [1.165, 1.54) is 6.20 Å². The summed E-state index contributed by atoms with van der Waals surface area (Å²) in [6.07, 6.45) is 2.31. The quantitative estimate of drug-likeness (QED) is 0.771. The first-order valence-corrected chi connectivity index (χ1v) is 7.16. The number of carbonyl (C=O) groups is 2. The summed E-state index contributed by atoms with van der Waals surface area (Å²) in [5.41, 5.74) is 2.03. The van der Waals surface area contributed by atoms with Gasteiger partial charge in [-0.25, -0.2) is 14.8 Å². The number of carboxylic acid groups (broad SMARTS) is 1. The van der Waals surface area contributed by atoms with Gasteiger partial charge in [0.25, 0.3) is 5.91 Å². The van der Waals surface area contributed by atoms with Gasteiger partial charge in [0.1, 0.15) is 0 Å². The molecule has 6 heteroatoms. The second-order valence-electron chi connectivity index (χ2n) is 4.96. The fourth-order valence-corrected chi connectivity index (χ4v) is 2.24. The molecule has 0 bridgehead atoms. The Balaban J connectivity index is 1.87. The molecule has 3 aromatic rings. The monoisotopic (exact) mass is 319 g/mol. The van der Waals surface area contributed by atoms with E-state index in [-0.39, 0.29) is 17.4 Å². The standard InChI is InChI=1S/C18H13N3O3/c22-17(21-16-11-19-15(10-20-16)18(23)24)14-9-5-4-8-13(14)12-6-2-1-3-7-12/h1-11H,(H,23,24)(H,20,21,22). The number of nitrogens with zero attached hydrogens (tertiary/aromatic N) is 2. The molecule has 0 unspecified atom stereocenters. The molecule has 0 aliphatic carbocycles. The molecular formula is C18H13N3O3. The van der Waals surface area contributed by atoms with Crippen LogP contribution in [-0.2, 0) is 0 Å². The normalized spacial score (nSPS) is 10.2. The summed E-state index contributed by atoms with van der Waals surface area (Å²) in [4.78, 5) is 30.9. The molecule has 6 nitrogen and oxygen atoms in total. The Kier molecular flexibility index (Phi) is 4.29. The molecule has 0 fully saturated rings. The molecule has 0 radical (unpaired) electrons.